The second-order valence-electron chi connectivity index (χ2n) is 5.16. The fourth-order valence-electron chi connectivity index (χ4n) is 2.37. The number of rotatable bonds is 5. The molecule has 0 unspecified atom stereocenters. The van der Waals surface area contributed by atoms with Crippen molar-refractivity contribution >= 4 is 23.4 Å². The van der Waals surface area contributed by atoms with Crippen LogP contribution in [-0.4, -0.2) is 14.8 Å². The smallest absolute Gasteiger partial charge is 0.191 e. The summed E-state index contributed by atoms with van der Waals surface area (Å²) in [6, 6.07) is 17.4. The van der Waals surface area contributed by atoms with E-state index in [4.69, 9.17) is 16.9 Å². The minimum atomic E-state index is 0.673. The van der Waals surface area contributed by atoms with Crippen LogP contribution in [0.4, 0.5) is 0 Å². The Balaban J connectivity index is 1.81. The second kappa shape index (κ2) is 7.52. The highest BCUT2D eigenvalue weighted by Gasteiger charge is 2.13. The van der Waals surface area contributed by atoms with Crippen molar-refractivity contribution in [2.45, 2.75) is 24.4 Å². The molecule has 3 aromatic rings. The topological polar surface area (TPSA) is 54.5 Å². The first-order chi connectivity index (χ1) is 11.7. The van der Waals surface area contributed by atoms with Crippen molar-refractivity contribution in [3.63, 3.8) is 0 Å². The number of hydrogen-bond donors (Lipinski definition) is 0. The van der Waals surface area contributed by atoms with Crippen molar-refractivity contribution in [3.05, 3.63) is 64.7 Å². The summed E-state index contributed by atoms with van der Waals surface area (Å²) in [4.78, 5) is 0. The predicted molar refractivity (Wildman–Crippen MR) is 96.9 cm³/mol. The van der Waals surface area contributed by atoms with E-state index in [-0.39, 0.29) is 0 Å². The van der Waals surface area contributed by atoms with Crippen LogP contribution in [0, 0.1) is 11.3 Å². The number of nitrogens with zero attached hydrogens (tertiary/aromatic N) is 4. The molecule has 0 saturated carbocycles. The van der Waals surface area contributed by atoms with Gasteiger partial charge in [-0.2, -0.15) is 5.26 Å². The number of nitriles is 1. The van der Waals surface area contributed by atoms with E-state index in [1.54, 1.807) is 17.8 Å². The van der Waals surface area contributed by atoms with Crippen molar-refractivity contribution in [3.8, 4) is 17.5 Å². The normalized spacial score (nSPS) is 10.5. The first kappa shape index (κ1) is 16.6. The molecule has 4 nitrogen and oxygen atoms in total. The van der Waals surface area contributed by atoms with E-state index in [1.807, 2.05) is 42.5 Å². The molecule has 0 N–H and O–H groups in total. The molecule has 0 aliphatic rings. The number of hydrogen-bond acceptors (Lipinski definition) is 4. The van der Waals surface area contributed by atoms with E-state index in [0.717, 1.165) is 34.4 Å². The van der Waals surface area contributed by atoms with Gasteiger partial charge in [-0.15, -0.1) is 10.2 Å². The fraction of sp³-hybridized carbons (Fsp3) is 0.167. The van der Waals surface area contributed by atoms with Crippen LogP contribution >= 0.6 is 23.4 Å². The maximum absolute atomic E-state index is 8.99. The highest BCUT2D eigenvalue weighted by molar-refractivity contribution is 7.98. The molecule has 0 spiro atoms. The molecule has 2 aromatic carbocycles. The van der Waals surface area contributed by atoms with Gasteiger partial charge in [0.05, 0.1) is 11.6 Å². The van der Waals surface area contributed by atoms with Crippen molar-refractivity contribution in [2.24, 2.45) is 0 Å². The average molecular weight is 355 g/mol. The van der Waals surface area contributed by atoms with Gasteiger partial charge in [0.2, 0.25) is 0 Å². The first-order valence-corrected chi connectivity index (χ1v) is 8.88. The Labute approximate surface area is 150 Å². The van der Waals surface area contributed by atoms with E-state index in [2.05, 4.69) is 27.8 Å². The average Bonchev–Trinajstić information content (AvgIpc) is 3.03. The molecule has 0 amide bonds. The Morgan fingerprint density at radius 2 is 1.96 bits per heavy atom. The van der Waals surface area contributed by atoms with Gasteiger partial charge in [0.15, 0.2) is 11.0 Å². The molecule has 0 aliphatic heterocycles. The SMILES string of the molecule is CCn1c(SCc2cccc(C#N)c2)nnc1-c1ccc(Cl)cc1. The van der Waals surface area contributed by atoms with Crippen LogP contribution in [-0.2, 0) is 12.3 Å². The van der Waals surface area contributed by atoms with E-state index in [1.165, 1.54) is 0 Å². The zero-order valence-corrected chi connectivity index (χ0v) is 14.7. The monoisotopic (exact) mass is 354 g/mol. The quantitative estimate of drug-likeness (QED) is 0.618. The van der Waals surface area contributed by atoms with E-state index in [9.17, 15) is 0 Å². The molecule has 0 saturated heterocycles. The Morgan fingerprint density at radius 3 is 2.67 bits per heavy atom. The van der Waals surface area contributed by atoms with Gasteiger partial charge in [0.25, 0.3) is 0 Å². The Kier molecular flexibility index (Phi) is 5.19. The lowest BCUT2D eigenvalue weighted by atomic mass is 10.2. The minimum absolute atomic E-state index is 0.673. The summed E-state index contributed by atoms with van der Waals surface area (Å²) in [5, 5.41) is 19.2. The maximum atomic E-state index is 8.99. The summed E-state index contributed by atoms with van der Waals surface area (Å²) in [6.07, 6.45) is 0. The van der Waals surface area contributed by atoms with Crippen molar-refractivity contribution in [2.75, 3.05) is 0 Å². The van der Waals surface area contributed by atoms with E-state index in [0.29, 0.717) is 10.6 Å². The summed E-state index contributed by atoms with van der Waals surface area (Å²) < 4.78 is 2.09. The third-order valence-electron chi connectivity index (χ3n) is 3.56. The van der Waals surface area contributed by atoms with Crippen LogP contribution in [0.25, 0.3) is 11.4 Å². The lowest BCUT2D eigenvalue weighted by Crippen LogP contribution is -1.99. The molecule has 1 heterocycles. The molecule has 3 rings (SSSR count). The number of benzene rings is 2. The van der Waals surface area contributed by atoms with E-state index >= 15 is 0 Å². The van der Waals surface area contributed by atoms with Crippen LogP contribution in [0.2, 0.25) is 5.02 Å². The van der Waals surface area contributed by atoms with Crippen LogP contribution in [0.1, 0.15) is 18.1 Å². The zero-order valence-electron chi connectivity index (χ0n) is 13.1. The number of halogens is 1. The van der Waals surface area contributed by atoms with Gasteiger partial charge in [-0.25, -0.2) is 0 Å². The van der Waals surface area contributed by atoms with Gasteiger partial charge in [0.1, 0.15) is 0 Å². The van der Waals surface area contributed by atoms with E-state index < -0.39 is 0 Å². The molecule has 0 bridgehead atoms. The van der Waals surface area contributed by atoms with Gasteiger partial charge >= 0.3 is 0 Å². The third kappa shape index (κ3) is 3.61. The van der Waals surface area contributed by atoms with Crippen molar-refractivity contribution in [1.29, 1.82) is 5.26 Å². The number of aromatic nitrogens is 3. The standard InChI is InChI=1S/C18H15ClN4S/c1-2-23-17(15-6-8-16(19)9-7-15)21-22-18(23)24-12-14-5-3-4-13(10-14)11-20/h3-10H,2,12H2,1H3. The highest BCUT2D eigenvalue weighted by atomic mass is 35.5. The molecule has 24 heavy (non-hydrogen) atoms. The molecule has 0 atom stereocenters. The molecule has 6 heteroatoms. The fourth-order valence-corrected chi connectivity index (χ4v) is 3.44. The van der Waals surface area contributed by atoms with Gasteiger partial charge in [-0.3, -0.25) is 0 Å². The summed E-state index contributed by atoms with van der Waals surface area (Å²) in [7, 11) is 0. The summed E-state index contributed by atoms with van der Waals surface area (Å²) in [6.45, 7) is 2.86. The van der Waals surface area contributed by atoms with Crippen molar-refractivity contribution < 1.29 is 0 Å². The minimum Gasteiger partial charge on any atom is -0.302 e. The Hall–Kier alpha value is -2.29. The lowest BCUT2D eigenvalue weighted by Gasteiger charge is -2.07. The lowest BCUT2D eigenvalue weighted by molar-refractivity contribution is 0.687. The summed E-state index contributed by atoms with van der Waals surface area (Å²) in [5.41, 5.74) is 2.76. The molecule has 0 aliphatic carbocycles. The predicted octanol–water partition coefficient (Wildman–Crippen LogP) is 4.78. The molecular formula is C18H15ClN4S. The van der Waals surface area contributed by atoms with Crippen LogP contribution in [0.3, 0.4) is 0 Å². The second-order valence-corrected chi connectivity index (χ2v) is 6.54. The summed E-state index contributed by atoms with van der Waals surface area (Å²) in [5.74, 6) is 1.58. The van der Waals surface area contributed by atoms with Gasteiger partial charge in [-0.1, -0.05) is 35.5 Å². The van der Waals surface area contributed by atoms with Crippen molar-refractivity contribution in [1.82, 2.24) is 14.8 Å². The first-order valence-electron chi connectivity index (χ1n) is 7.52. The highest BCUT2D eigenvalue weighted by Crippen LogP contribution is 2.27. The Bertz CT molecular complexity index is 881. The molecular weight excluding hydrogens is 340 g/mol. The third-order valence-corrected chi connectivity index (χ3v) is 4.85. The van der Waals surface area contributed by atoms with Crippen LogP contribution < -0.4 is 0 Å². The maximum Gasteiger partial charge on any atom is 0.191 e. The van der Waals surface area contributed by atoms with Gasteiger partial charge in [-0.05, 0) is 48.9 Å². The molecule has 120 valence electrons. The molecule has 1 aromatic heterocycles. The van der Waals surface area contributed by atoms with Crippen LogP contribution in [0.5, 0.6) is 0 Å². The number of thioether (sulfide) groups is 1. The summed E-state index contributed by atoms with van der Waals surface area (Å²) >= 11 is 7.57. The van der Waals surface area contributed by atoms with Gasteiger partial charge < -0.3 is 4.57 Å². The zero-order chi connectivity index (χ0) is 16.9. The van der Waals surface area contributed by atoms with Gasteiger partial charge in [0, 0.05) is 22.9 Å². The van der Waals surface area contributed by atoms with Crippen LogP contribution in [0.15, 0.2) is 53.7 Å². The molecule has 0 radical (unpaired) electrons. The molecule has 0 fully saturated rings. The largest absolute Gasteiger partial charge is 0.302 e. The Morgan fingerprint density at radius 1 is 1.17 bits per heavy atom.